The summed E-state index contributed by atoms with van der Waals surface area (Å²) in [5.41, 5.74) is -0.516. The van der Waals surface area contributed by atoms with E-state index in [0.29, 0.717) is 17.3 Å². The van der Waals surface area contributed by atoms with Crippen LogP contribution in [0.15, 0.2) is 98.9 Å². The third-order valence-corrected chi connectivity index (χ3v) is 11.0. The Hall–Kier alpha value is -5.62. The lowest BCUT2D eigenvalue weighted by atomic mass is 10.0. The quantitative estimate of drug-likeness (QED) is 0.0162. The Bertz CT molecular complexity index is 2520. The maximum Gasteiger partial charge on any atom is 0.349 e. The molecule has 0 bridgehead atoms. The number of benzene rings is 5. The van der Waals surface area contributed by atoms with Gasteiger partial charge in [-0.3, -0.25) is 13.9 Å². The molecule has 15 nitrogen and oxygen atoms in total. The van der Waals surface area contributed by atoms with Gasteiger partial charge in [0.25, 0.3) is 26.1 Å². The SMILES string of the molecule is CCCCCCCCCCCCNC(=O)c1cc(OCC(=O)Oc2ccc(/N=N/c3c(S(=O)(=O)O)cc4cc(S(=O)(=O)O)ccc4c3O)cc2)c2ccccc2c1O. The zero-order valence-corrected chi connectivity index (χ0v) is 33.4. The van der Waals surface area contributed by atoms with Crippen LogP contribution in [0.25, 0.3) is 21.5 Å². The number of hydrogen-bond donors (Lipinski definition) is 5. The summed E-state index contributed by atoms with van der Waals surface area (Å²) < 4.78 is 77.7. The first kappa shape index (κ1) is 43.5. The fourth-order valence-electron chi connectivity index (χ4n) is 6.30. The van der Waals surface area contributed by atoms with Crippen molar-refractivity contribution >= 4 is 65.0 Å². The van der Waals surface area contributed by atoms with Gasteiger partial charge in [-0.25, -0.2) is 4.79 Å². The molecule has 5 N–H and O–H groups in total. The fraction of sp³-hybridized carbons (Fsp3) is 0.317. The van der Waals surface area contributed by atoms with Gasteiger partial charge in [-0.2, -0.15) is 21.9 Å². The highest BCUT2D eigenvalue weighted by atomic mass is 32.2. The van der Waals surface area contributed by atoms with Crippen LogP contribution in [0.3, 0.4) is 0 Å². The van der Waals surface area contributed by atoms with Crippen molar-refractivity contribution in [2.45, 2.75) is 80.9 Å². The maximum absolute atomic E-state index is 13.1. The van der Waals surface area contributed by atoms with Gasteiger partial charge in [-0.1, -0.05) is 89.0 Å². The number of hydrogen-bond acceptors (Lipinski definition) is 12. The average Bonchev–Trinajstić information content (AvgIpc) is 3.19. The van der Waals surface area contributed by atoms with Crippen molar-refractivity contribution in [2.75, 3.05) is 13.2 Å². The smallest absolute Gasteiger partial charge is 0.349 e. The molecule has 0 radical (unpaired) electrons. The van der Waals surface area contributed by atoms with E-state index in [1.807, 2.05) is 0 Å². The first-order valence-electron chi connectivity index (χ1n) is 18.8. The van der Waals surface area contributed by atoms with Crippen molar-refractivity contribution in [3.63, 3.8) is 0 Å². The molecule has 58 heavy (non-hydrogen) atoms. The van der Waals surface area contributed by atoms with Crippen LogP contribution in [0.4, 0.5) is 11.4 Å². The predicted molar refractivity (Wildman–Crippen MR) is 217 cm³/mol. The number of ether oxygens (including phenoxy) is 2. The number of carbonyl (C=O) groups is 2. The number of unbranched alkanes of at least 4 members (excludes halogenated alkanes) is 9. The van der Waals surface area contributed by atoms with Crippen LogP contribution in [0.1, 0.15) is 81.5 Å². The standard InChI is InChI=1S/C41H45N3O12S2/c1-2-3-4-5-6-7-8-9-10-13-22-42-41(48)34-25-35(32-14-11-12-15-33(32)39(34)46)55-26-37(45)56-29-18-16-28(17-19-29)43-44-38-36(58(52,53)54)24-27-23-30(57(49,50)51)20-21-31(27)40(38)47/h11-12,14-21,23-25,46-47H,2-10,13,22,26H2,1H3,(H,42,48)(H,49,50,51)(H,52,53,54)/b44-43+. The number of aromatic hydroxyl groups is 2. The minimum Gasteiger partial charge on any atom is -0.506 e. The molecular formula is C41H45N3O12S2. The number of carbonyl (C=O) groups excluding carboxylic acids is 2. The van der Waals surface area contributed by atoms with Crippen molar-refractivity contribution < 1.29 is 55.2 Å². The van der Waals surface area contributed by atoms with Crippen molar-refractivity contribution in [1.29, 1.82) is 0 Å². The highest BCUT2D eigenvalue weighted by molar-refractivity contribution is 7.86. The van der Waals surface area contributed by atoms with Gasteiger partial charge in [0.1, 0.15) is 27.8 Å². The third kappa shape index (κ3) is 11.5. The molecule has 0 aliphatic rings. The molecule has 0 aliphatic carbocycles. The monoisotopic (exact) mass is 835 g/mol. The average molecular weight is 836 g/mol. The first-order chi connectivity index (χ1) is 27.7. The van der Waals surface area contributed by atoms with Crippen molar-refractivity contribution in [2.24, 2.45) is 10.2 Å². The minimum absolute atomic E-state index is 0.00547. The van der Waals surface area contributed by atoms with Crippen LogP contribution in [-0.2, 0) is 25.0 Å². The van der Waals surface area contributed by atoms with Crippen molar-refractivity contribution in [1.82, 2.24) is 5.32 Å². The molecule has 1 amide bonds. The first-order valence-corrected chi connectivity index (χ1v) is 21.7. The number of rotatable bonds is 20. The number of amides is 1. The van der Waals surface area contributed by atoms with E-state index in [9.17, 15) is 45.7 Å². The molecule has 0 fully saturated rings. The van der Waals surface area contributed by atoms with Gasteiger partial charge < -0.3 is 25.0 Å². The molecule has 5 aromatic rings. The van der Waals surface area contributed by atoms with E-state index in [2.05, 4.69) is 22.5 Å². The molecule has 0 heterocycles. The summed E-state index contributed by atoms with van der Waals surface area (Å²) in [6.45, 7) is 2.10. The van der Waals surface area contributed by atoms with E-state index in [4.69, 9.17) is 9.47 Å². The Kier molecular flexibility index (Phi) is 14.8. The van der Waals surface area contributed by atoms with Crippen molar-refractivity contribution in [3.8, 4) is 23.0 Å². The Labute approximate surface area is 336 Å². The lowest BCUT2D eigenvalue weighted by Crippen LogP contribution is -2.24. The maximum atomic E-state index is 13.1. The van der Waals surface area contributed by atoms with Gasteiger partial charge in [0.15, 0.2) is 12.4 Å². The highest BCUT2D eigenvalue weighted by Crippen LogP contribution is 2.42. The number of nitrogens with one attached hydrogen (secondary N) is 1. The number of fused-ring (bicyclic) bond motifs is 2. The van der Waals surface area contributed by atoms with Gasteiger partial charge in [-0.05, 0) is 66.4 Å². The Morgan fingerprint density at radius 3 is 1.97 bits per heavy atom. The van der Waals surface area contributed by atoms with Crippen LogP contribution in [0.5, 0.6) is 23.0 Å². The summed E-state index contributed by atoms with van der Waals surface area (Å²) in [5.74, 6) is -1.94. The summed E-state index contributed by atoms with van der Waals surface area (Å²) in [7, 11) is -9.66. The zero-order valence-electron chi connectivity index (χ0n) is 31.8. The Morgan fingerprint density at radius 1 is 0.690 bits per heavy atom. The van der Waals surface area contributed by atoms with Crippen LogP contribution in [0, 0.1) is 0 Å². The Balaban J connectivity index is 1.20. The molecule has 0 saturated heterocycles. The van der Waals surface area contributed by atoms with E-state index < -0.39 is 59.9 Å². The predicted octanol–water partition coefficient (Wildman–Crippen LogP) is 8.95. The number of phenols is 2. The van der Waals surface area contributed by atoms with Crippen LogP contribution >= 0.6 is 0 Å². The third-order valence-electron chi connectivity index (χ3n) is 9.32. The Morgan fingerprint density at radius 2 is 1.33 bits per heavy atom. The normalized spacial score (nSPS) is 12.0. The summed E-state index contributed by atoms with van der Waals surface area (Å²) >= 11 is 0. The molecule has 308 valence electrons. The van der Waals surface area contributed by atoms with Gasteiger partial charge in [0, 0.05) is 22.7 Å². The molecule has 0 aliphatic heterocycles. The van der Waals surface area contributed by atoms with Crippen LogP contribution in [0.2, 0.25) is 0 Å². The van der Waals surface area contributed by atoms with Crippen LogP contribution in [-0.4, -0.2) is 61.2 Å². The zero-order chi connectivity index (χ0) is 41.9. The second kappa shape index (κ2) is 19.7. The molecule has 0 spiro atoms. The summed E-state index contributed by atoms with van der Waals surface area (Å²) in [5, 5.41) is 33.0. The summed E-state index contributed by atoms with van der Waals surface area (Å²) in [6, 6.07) is 17.5. The summed E-state index contributed by atoms with van der Waals surface area (Å²) in [6.07, 6.45) is 11.6. The molecule has 0 saturated carbocycles. The highest BCUT2D eigenvalue weighted by Gasteiger charge is 2.24. The molecule has 0 atom stereocenters. The molecular weight excluding hydrogens is 791 g/mol. The van der Waals surface area contributed by atoms with Gasteiger partial charge in [0.2, 0.25) is 0 Å². The van der Waals surface area contributed by atoms with Crippen molar-refractivity contribution in [3.05, 3.63) is 84.4 Å². The van der Waals surface area contributed by atoms with E-state index in [-0.39, 0.29) is 39.3 Å². The topological polar surface area (TPSA) is 239 Å². The van der Waals surface area contributed by atoms with Gasteiger partial charge in [0.05, 0.1) is 16.1 Å². The minimum atomic E-state index is -5.01. The number of azo groups is 1. The number of nitrogens with zero attached hydrogens (tertiary/aromatic N) is 2. The molecule has 17 heteroatoms. The lowest BCUT2D eigenvalue weighted by molar-refractivity contribution is -0.136. The lowest BCUT2D eigenvalue weighted by Gasteiger charge is -2.14. The molecule has 5 rings (SSSR count). The second-order valence-electron chi connectivity index (χ2n) is 13.6. The molecule has 5 aromatic carbocycles. The van der Waals surface area contributed by atoms with Crippen LogP contribution < -0.4 is 14.8 Å². The number of phenolic OH excluding ortho intramolecular Hbond substituents is 2. The molecule has 0 unspecified atom stereocenters. The van der Waals surface area contributed by atoms with Gasteiger partial charge in [-0.15, -0.1) is 5.11 Å². The largest absolute Gasteiger partial charge is 0.506 e. The van der Waals surface area contributed by atoms with E-state index >= 15 is 0 Å². The fourth-order valence-corrected chi connectivity index (χ4v) is 7.47. The van der Waals surface area contributed by atoms with E-state index in [0.717, 1.165) is 43.5 Å². The number of esters is 1. The van der Waals surface area contributed by atoms with E-state index in [1.165, 1.54) is 75.3 Å². The second-order valence-corrected chi connectivity index (χ2v) is 16.4. The summed E-state index contributed by atoms with van der Waals surface area (Å²) in [4.78, 5) is 24.5. The van der Waals surface area contributed by atoms with Gasteiger partial charge >= 0.3 is 5.97 Å². The van der Waals surface area contributed by atoms with E-state index in [1.54, 1.807) is 24.3 Å². The molecule has 0 aromatic heterocycles.